The fraction of sp³-hybridized carbons (Fsp3) is 0.0909. The van der Waals surface area contributed by atoms with Crippen molar-refractivity contribution >= 4 is 23.4 Å². The maximum Gasteiger partial charge on any atom is 0.348 e. The van der Waals surface area contributed by atoms with Gasteiger partial charge in [-0.25, -0.2) is 4.79 Å². The maximum atomic E-state index is 11.7. The molecule has 5 nitrogen and oxygen atoms in total. The van der Waals surface area contributed by atoms with E-state index in [1.807, 2.05) is 0 Å². The predicted molar refractivity (Wildman–Crippen MR) is 64.0 cm³/mol. The lowest BCUT2D eigenvalue weighted by atomic mass is 10.3. The second-order valence-corrected chi connectivity index (χ2v) is 3.85. The van der Waals surface area contributed by atoms with E-state index in [2.05, 4.69) is 5.10 Å². The quantitative estimate of drug-likeness (QED) is 0.653. The highest BCUT2D eigenvalue weighted by Gasteiger charge is 2.15. The Morgan fingerprint density at radius 3 is 2.59 bits per heavy atom. The summed E-state index contributed by atoms with van der Waals surface area (Å²) in [7, 11) is 1.65. The summed E-state index contributed by atoms with van der Waals surface area (Å²) in [5, 5.41) is 4.44. The van der Waals surface area contributed by atoms with Gasteiger partial charge in [-0.1, -0.05) is 11.6 Å². The molecule has 1 heterocycles. The highest BCUT2D eigenvalue weighted by atomic mass is 35.5. The van der Waals surface area contributed by atoms with Gasteiger partial charge < -0.3 is 10.5 Å². The summed E-state index contributed by atoms with van der Waals surface area (Å²) >= 11 is 5.72. The molecule has 0 atom stereocenters. The van der Waals surface area contributed by atoms with Gasteiger partial charge in [0.2, 0.25) is 0 Å². The van der Waals surface area contributed by atoms with Crippen LogP contribution in [0, 0.1) is 0 Å². The smallest absolute Gasteiger partial charge is 0.348 e. The molecule has 0 aliphatic rings. The standard InChI is InChI=1S/C11H10ClN3O2/c1-15-10(13)9(6-14-15)11(16)17-8-4-2-7(12)3-5-8/h2-6H,13H2,1H3. The molecule has 2 aromatic rings. The molecule has 0 aliphatic heterocycles. The molecule has 2 N–H and O–H groups in total. The molecular weight excluding hydrogens is 242 g/mol. The maximum absolute atomic E-state index is 11.7. The first-order valence-electron chi connectivity index (χ1n) is 4.83. The second-order valence-electron chi connectivity index (χ2n) is 3.41. The van der Waals surface area contributed by atoms with E-state index in [4.69, 9.17) is 22.1 Å². The molecule has 1 aromatic heterocycles. The van der Waals surface area contributed by atoms with E-state index in [9.17, 15) is 4.79 Å². The minimum atomic E-state index is -0.544. The largest absolute Gasteiger partial charge is 0.423 e. The Kier molecular flexibility index (Phi) is 3.01. The van der Waals surface area contributed by atoms with Gasteiger partial charge in [0.05, 0.1) is 6.20 Å². The summed E-state index contributed by atoms with van der Waals surface area (Å²) in [5.41, 5.74) is 5.90. The number of benzene rings is 1. The lowest BCUT2D eigenvalue weighted by Crippen LogP contribution is -2.10. The van der Waals surface area contributed by atoms with E-state index in [0.717, 1.165) is 0 Å². The van der Waals surface area contributed by atoms with E-state index in [0.29, 0.717) is 10.8 Å². The molecule has 0 saturated heterocycles. The van der Waals surface area contributed by atoms with E-state index in [1.165, 1.54) is 10.9 Å². The number of nitrogen functional groups attached to an aromatic ring is 1. The lowest BCUT2D eigenvalue weighted by molar-refractivity contribution is 0.0736. The normalized spacial score (nSPS) is 10.2. The zero-order valence-corrected chi connectivity index (χ0v) is 9.81. The summed E-state index contributed by atoms with van der Waals surface area (Å²) in [6, 6.07) is 6.48. The fourth-order valence-corrected chi connectivity index (χ4v) is 1.39. The summed E-state index contributed by atoms with van der Waals surface area (Å²) < 4.78 is 6.52. The summed E-state index contributed by atoms with van der Waals surface area (Å²) in [6.45, 7) is 0. The number of nitrogens with two attached hydrogens (primary N) is 1. The molecule has 0 unspecified atom stereocenters. The molecule has 0 aliphatic carbocycles. The minimum absolute atomic E-state index is 0.238. The van der Waals surface area contributed by atoms with Gasteiger partial charge in [-0.3, -0.25) is 4.68 Å². The number of aryl methyl sites for hydroxylation is 1. The zero-order valence-electron chi connectivity index (χ0n) is 9.05. The van der Waals surface area contributed by atoms with Crippen molar-refractivity contribution in [2.45, 2.75) is 0 Å². The Morgan fingerprint density at radius 2 is 2.06 bits per heavy atom. The Labute approximate surface area is 103 Å². The third-order valence-electron chi connectivity index (χ3n) is 2.23. The van der Waals surface area contributed by atoms with Gasteiger partial charge in [0.1, 0.15) is 17.1 Å². The van der Waals surface area contributed by atoms with Crippen LogP contribution in [0.4, 0.5) is 5.82 Å². The first kappa shape index (κ1) is 11.5. The molecule has 0 fully saturated rings. The van der Waals surface area contributed by atoms with Crippen LogP contribution < -0.4 is 10.5 Å². The van der Waals surface area contributed by atoms with Gasteiger partial charge in [-0.2, -0.15) is 5.10 Å². The van der Waals surface area contributed by atoms with Crippen molar-refractivity contribution in [1.82, 2.24) is 9.78 Å². The van der Waals surface area contributed by atoms with E-state index in [-0.39, 0.29) is 11.4 Å². The predicted octanol–water partition coefficient (Wildman–Crippen LogP) is 1.87. The Balaban J connectivity index is 2.17. The highest BCUT2D eigenvalue weighted by molar-refractivity contribution is 6.30. The number of hydrogen-bond donors (Lipinski definition) is 1. The van der Waals surface area contributed by atoms with Crippen molar-refractivity contribution in [3.05, 3.63) is 41.0 Å². The van der Waals surface area contributed by atoms with Crippen LogP contribution in [0.1, 0.15) is 10.4 Å². The van der Waals surface area contributed by atoms with Crippen LogP contribution in [0.25, 0.3) is 0 Å². The van der Waals surface area contributed by atoms with Crippen LogP contribution in [0.3, 0.4) is 0 Å². The number of ether oxygens (including phenoxy) is 1. The lowest BCUT2D eigenvalue weighted by Gasteiger charge is -2.03. The van der Waals surface area contributed by atoms with Crippen LogP contribution in [-0.4, -0.2) is 15.7 Å². The van der Waals surface area contributed by atoms with Gasteiger partial charge in [0, 0.05) is 12.1 Å². The van der Waals surface area contributed by atoms with Crippen LogP contribution >= 0.6 is 11.6 Å². The number of anilines is 1. The molecule has 17 heavy (non-hydrogen) atoms. The number of carbonyl (C=O) groups excluding carboxylic acids is 1. The molecule has 0 spiro atoms. The van der Waals surface area contributed by atoms with Crippen molar-refractivity contribution < 1.29 is 9.53 Å². The highest BCUT2D eigenvalue weighted by Crippen LogP contribution is 2.18. The monoisotopic (exact) mass is 251 g/mol. The first-order chi connectivity index (χ1) is 8.08. The number of carbonyl (C=O) groups is 1. The number of esters is 1. The Bertz CT molecular complexity index is 548. The van der Waals surface area contributed by atoms with Crippen LogP contribution in [0.15, 0.2) is 30.5 Å². The van der Waals surface area contributed by atoms with E-state index < -0.39 is 5.97 Å². The van der Waals surface area contributed by atoms with Gasteiger partial charge in [-0.15, -0.1) is 0 Å². The van der Waals surface area contributed by atoms with Gasteiger partial charge in [-0.05, 0) is 24.3 Å². The molecule has 2 rings (SSSR count). The van der Waals surface area contributed by atoms with Crippen molar-refractivity contribution in [1.29, 1.82) is 0 Å². The third-order valence-corrected chi connectivity index (χ3v) is 2.48. The Morgan fingerprint density at radius 1 is 1.41 bits per heavy atom. The molecule has 0 amide bonds. The number of nitrogens with zero attached hydrogens (tertiary/aromatic N) is 2. The van der Waals surface area contributed by atoms with Gasteiger partial charge in [0.15, 0.2) is 0 Å². The molecule has 0 bridgehead atoms. The first-order valence-corrected chi connectivity index (χ1v) is 5.21. The van der Waals surface area contributed by atoms with Crippen molar-refractivity contribution in [3.63, 3.8) is 0 Å². The summed E-state index contributed by atoms with van der Waals surface area (Å²) in [6.07, 6.45) is 1.37. The number of hydrogen-bond acceptors (Lipinski definition) is 4. The van der Waals surface area contributed by atoms with Crippen molar-refractivity contribution in [2.75, 3.05) is 5.73 Å². The molecule has 0 saturated carbocycles. The molecule has 88 valence electrons. The average molecular weight is 252 g/mol. The second kappa shape index (κ2) is 4.47. The molecule has 0 radical (unpaired) electrons. The number of aromatic nitrogens is 2. The summed E-state index contributed by atoms with van der Waals surface area (Å²) in [5.74, 6) is 0.129. The fourth-order valence-electron chi connectivity index (χ4n) is 1.27. The van der Waals surface area contributed by atoms with Gasteiger partial charge >= 0.3 is 5.97 Å². The molecular formula is C11H10ClN3O2. The Hall–Kier alpha value is -2.01. The topological polar surface area (TPSA) is 70.1 Å². The third kappa shape index (κ3) is 2.39. The minimum Gasteiger partial charge on any atom is -0.423 e. The molecule has 1 aromatic carbocycles. The van der Waals surface area contributed by atoms with Crippen LogP contribution in [-0.2, 0) is 7.05 Å². The van der Waals surface area contributed by atoms with Crippen molar-refractivity contribution in [3.8, 4) is 5.75 Å². The van der Waals surface area contributed by atoms with Crippen LogP contribution in [0.2, 0.25) is 5.02 Å². The number of halogens is 1. The van der Waals surface area contributed by atoms with E-state index in [1.54, 1.807) is 31.3 Å². The van der Waals surface area contributed by atoms with Gasteiger partial charge in [0.25, 0.3) is 0 Å². The van der Waals surface area contributed by atoms with E-state index >= 15 is 0 Å². The molecule has 6 heteroatoms. The van der Waals surface area contributed by atoms with Crippen LogP contribution in [0.5, 0.6) is 5.75 Å². The SMILES string of the molecule is Cn1ncc(C(=O)Oc2ccc(Cl)cc2)c1N. The summed E-state index contributed by atoms with van der Waals surface area (Å²) in [4.78, 5) is 11.7. The number of rotatable bonds is 2. The van der Waals surface area contributed by atoms with Crippen molar-refractivity contribution in [2.24, 2.45) is 7.05 Å². The zero-order chi connectivity index (χ0) is 12.4. The average Bonchev–Trinajstić information content (AvgIpc) is 2.63.